The van der Waals surface area contributed by atoms with E-state index in [1.807, 2.05) is 44.2 Å². The standard InChI is InChI=1S/C29H34ClN3O4S/c1-22(2)19-31-29(35)27(18-23-10-6-4-7-11-23)32(20-24-14-16-25(30)17-15-24)28(34)21-33(38(3,36)37)26-12-8-5-9-13-26/h4-17,22,27H,18-21H2,1-3H3,(H,31,35). The van der Waals surface area contributed by atoms with Crippen LogP contribution in [0.4, 0.5) is 5.69 Å². The molecular formula is C29H34ClN3O4S. The first-order chi connectivity index (χ1) is 18.0. The van der Waals surface area contributed by atoms with Crippen LogP contribution in [0.15, 0.2) is 84.9 Å². The Hall–Kier alpha value is -3.36. The molecule has 0 aliphatic carbocycles. The van der Waals surface area contributed by atoms with E-state index in [-0.39, 0.29) is 24.8 Å². The van der Waals surface area contributed by atoms with Gasteiger partial charge in [-0.05, 0) is 41.3 Å². The number of hydrogen-bond acceptors (Lipinski definition) is 4. The van der Waals surface area contributed by atoms with Gasteiger partial charge in [-0.2, -0.15) is 0 Å². The highest BCUT2D eigenvalue weighted by Crippen LogP contribution is 2.20. The fourth-order valence-corrected chi connectivity index (χ4v) is 4.95. The second kappa shape index (κ2) is 13.4. The molecule has 7 nitrogen and oxygen atoms in total. The number of para-hydroxylation sites is 1. The summed E-state index contributed by atoms with van der Waals surface area (Å²) in [5.41, 5.74) is 2.02. The highest BCUT2D eigenvalue weighted by molar-refractivity contribution is 7.92. The van der Waals surface area contributed by atoms with Gasteiger partial charge in [0.1, 0.15) is 12.6 Å². The summed E-state index contributed by atoms with van der Waals surface area (Å²) in [5, 5.41) is 3.51. The lowest BCUT2D eigenvalue weighted by Gasteiger charge is -2.33. The molecule has 0 fully saturated rings. The Morgan fingerprint density at radius 2 is 1.45 bits per heavy atom. The molecule has 3 aromatic carbocycles. The van der Waals surface area contributed by atoms with Crippen LogP contribution in [0, 0.1) is 5.92 Å². The van der Waals surface area contributed by atoms with E-state index in [9.17, 15) is 18.0 Å². The van der Waals surface area contributed by atoms with Gasteiger partial charge in [-0.15, -0.1) is 0 Å². The molecule has 0 saturated carbocycles. The van der Waals surface area contributed by atoms with Crippen LogP contribution in [-0.4, -0.2) is 50.5 Å². The number of carbonyl (C=O) groups excluding carboxylic acids is 2. The lowest BCUT2D eigenvalue weighted by molar-refractivity contribution is -0.140. The monoisotopic (exact) mass is 555 g/mol. The molecule has 202 valence electrons. The molecule has 0 aliphatic rings. The maximum absolute atomic E-state index is 13.9. The average Bonchev–Trinajstić information content (AvgIpc) is 2.89. The van der Waals surface area contributed by atoms with Crippen molar-refractivity contribution in [2.24, 2.45) is 5.92 Å². The molecule has 3 aromatic rings. The Bertz CT molecular complexity index is 1300. The van der Waals surface area contributed by atoms with Gasteiger partial charge < -0.3 is 10.2 Å². The van der Waals surface area contributed by atoms with Crippen molar-refractivity contribution >= 4 is 39.1 Å². The number of anilines is 1. The summed E-state index contributed by atoms with van der Waals surface area (Å²) in [4.78, 5) is 28.9. The van der Waals surface area contributed by atoms with E-state index in [0.717, 1.165) is 21.7 Å². The number of rotatable bonds is 12. The van der Waals surface area contributed by atoms with Gasteiger partial charge in [0.2, 0.25) is 21.8 Å². The largest absolute Gasteiger partial charge is 0.354 e. The molecule has 1 atom stereocenters. The number of hydrogen-bond donors (Lipinski definition) is 1. The van der Waals surface area contributed by atoms with E-state index < -0.39 is 28.5 Å². The molecular weight excluding hydrogens is 522 g/mol. The first-order valence-electron chi connectivity index (χ1n) is 12.4. The van der Waals surface area contributed by atoms with Crippen molar-refractivity contribution < 1.29 is 18.0 Å². The third-order valence-electron chi connectivity index (χ3n) is 5.95. The van der Waals surface area contributed by atoms with Crippen LogP contribution in [0.3, 0.4) is 0 Å². The molecule has 0 aromatic heterocycles. The van der Waals surface area contributed by atoms with Crippen molar-refractivity contribution in [1.82, 2.24) is 10.2 Å². The van der Waals surface area contributed by atoms with Crippen LogP contribution in [-0.2, 0) is 32.6 Å². The Kier molecular flexibility index (Phi) is 10.3. The number of nitrogens with zero attached hydrogens (tertiary/aromatic N) is 2. The Morgan fingerprint density at radius 1 is 0.868 bits per heavy atom. The number of carbonyl (C=O) groups is 2. The Morgan fingerprint density at radius 3 is 2.00 bits per heavy atom. The van der Waals surface area contributed by atoms with Gasteiger partial charge >= 0.3 is 0 Å². The van der Waals surface area contributed by atoms with Crippen molar-refractivity contribution in [3.8, 4) is 0 Å². The zero-order chi connectivity index (χ0) is 27.7. The van der Waals surface area contributed by atoms with Gasteiger partial charge in [-0.3, -0.25) is 13.9 Å². The summed E-state index contributed by atoms with van der Waals surface area (Å²) in [6.45, 7) is 4.10. The van der Waals surface area contributed by atoms with E-state index in [2.05, 4.69) is 5.32 Å². The minimum atomic E-state index is -3.78. The van der Waals surface area contributed by atoms with Crippen LogP contribution in [0.25, 0.3) is 0 Å². The van der Waals surface area contributed by atoms with Crippen LogP contribution in [0.5, 0.6) is 0 Å². The quantitative estimate of drug-likeness (QED) is 0.356. The minimum Gasteiger partial charge on any atom is -0.354 e. The topological polar surface area (TPSA) is 86.8 Å². The van der Waals surface area contributed by atoms with E-state index in [1.165, 1.54) is 4.90 Å². The van der Waals surface area contributed by atoms with Crippen LogP contribution < -0.4 is 9.62 Å². The molecule has 0 heterocycles. The zero-order valence-corrected chi connectivity index (χ0v) is 23.5. The second-order valence-electron chi connectivity index (χ2n) is 9.60. The maximum atomic E-state index is 13.9. The molecule has 38 heavy (non-hydrogen) atoms. The van der Waals surface area contributed by atoms with Gasteiger partial charge in [-0.1, -0.05) is 86.1 Å². The van der Waals surface area contributed by atoms with Crippen molar-refractivity contribution in [1.29, 1.82) is 0 Å². The molecule has 0 aliphatic heterocycles. The van der Waals surface area contributed by atoms with Gasteiger partial charge in [0.25, 0.3) is 0 Å². The lowest BCUT2D eigenvalue weighted by atomic mass is 10.0. The van der Waals surface area contributed by atoms with Crippen molar-refractivity contribution in [2.45, 2.75) is 32.9 Å². The van der Waals surface area contributed by atoms with E-state index in [1.54, 1.807) is 54.6 Å². The van der Waals surface area contributed by atoms with Crippen LogP contribution >= 0.6 is 11.6 Å². The third kappa shape index (κ3) is 8.60. The molecule has 0 radical (unpaired) electrons. The smallest absolute Gasteiger partial charge is 0.244 e. The molecule has 9 heteroatoms. The highest BCUT2D eigenvalue weighted by atomic mass is 35.5. The molecule has 0 saturated heterocycles. The van der Waals surface area contributed by atoms with Crippen molar-refractivity contribution in [3.63, 3.8) is 0 Å². The number of amides is 2. The SMILES string of the molecule is CC(C)CNC(=O)C(Cc1ccccc1)N(Cc1ccc(Cl)cc1)C(=O)CN(c1ccccc1)S(C)(=O)=O. The Labute approximate surface area is 230 Å². The number of sulfonamides is 1. The number of halogens is 1. The van der Waals surface area contributed by atoms with E-state index in [4.69, 9.17) is 11.6 Å². The number of nitrogens with one attached hydrogen (secondary N) is 1. The normalized spacial score (nSPS) is 12.1. The fraction of sp³-hybridized carbons (Fsp3) is 0.310. The van der Waals surface area contributed by atoms with Gasteiger partial charge in [0.15, 0.2) is 0 Å². The summed E-state index contributed by atoms with van der Waals surface area (Å²) in [5.74, 6) is -0.569. The predicted octanol–water partition coefficient (Wildman–Crippen LogP) is 4.52. The number of benzene rings is 3. The molecule has 2 amide bonds. The van der Waals surface area contributed by atoms with Crippen LogP contribution in [0.1, 0.15) is 25.0 Å². The summed E-state index contributed by atoms with van der Waals surface area (Å²) in [6, 6.07) is 24.1. The van der Waals surface area contributed by atoms with E-state index >= 15 is 0 Å². The van der Waals surface area contributed by atoms with Gasteiger partial charge in [0, 0.05) is 24.5 Å². The average molecular weight is 556 g/mol. The third-order valence-corrected chi connectivity index (χ3v) is 7.34. The minimum absolute atomic E-state index is 0.106. The maximum Gasteiger partial charge on any atom is 0.244 e. The summed E-state index contributed by atoms with van der Waals surface area (Å²) in [6.07, 6.45) is 1.34. The molecule has 3 rings (SSSR count). The molecule has 0 spiro atoms. The van der Waals surface area contributed by atoms with E-state index in [0.29, 0.717) is 17.3 Å². The summed E-state index contributed by atoms with van der Waals surface area (Å²) >= 11 is 6.07. The summed E-state index contributed by atoms with van der Waals surface area (Å²) < 4.78 is 26.5. The molecule has 1 unspecified atom stereocenters. The first kappa shape index (κ1) is 29.2. The fourth-order valence-electron chi connectivity index (χ4n) is 3.97. The van der Waals surface area contributed by atoms with Gasteiger partial charge in [-0.25, -0.2) is 8.42 Å². The lowest BCUT2D eigenvalue weighted by Crippen LogP contribution is -2.53. The van der Waals surface area contributed by atoms with Gasteiger partial charge in [0.05, 0.1) is 11.9 Å². The van der Waals surface area contributed by atoms with Crippen molar-refractivity contribution in [2.75, 3.05) is 23.7 Å². The first-order valence-corrected chi connectivity index (χ1v) is 14.7. The zero-order valence-electron chi connectivity index (χ0n) is 21.9. The van der Waals surface area contributed by atoms with Crippen LogP contribution in [0.2, 0.25) is 5.02 Å². The molecule has 0 bridgehead atoms. The summed E-state index contributed by atoms with van der Waals surface area (Å²) in [7, 11) is -3.78. The Balaban J connectivity index is 2.02. The second-order valence-corrected chi connectivity index (χ2v) is 11.9. The van der Waals surface area contributed by atoms with Crippen molar-refractivity contribution in [3.05, 3.63) is 101 Å². The molecule has 1 N–H and O–H groups in total. The highest BCUT2D eigenvalue weighted by Gasteiger charge is 2.33. The predicted molar refractivity (Wildman–Crippen MR) is 152 cm³/mol.